The van der Waals surface area contributed by atoms with Crippen LogP contribution in [0.25, 0.3) is 0 Å². The Morgan fingerprint density at radius 3 is 2.52 bits per heavy atom. The molecule has 1 fully saturated rings. The van der Waals surface area contributed by atoms with Gasteiger partial charge in [-0.25, -0.2) is 0 Å². The molecule has 154 valence electrons. The number of nitrogens with one attached hydrogen (secondary N) is 1. The first kappa shape index (κ1) is 20.7. The second-order valence-corrected chi connectivity index (χ2v) is 6.67. The standard InChI is InChI=1S/C22H26N2O5/c1-27-20-5-3-2-4-17(20)6-11-22(26)29-16-21(25)23-18-7-9-19(10-8-18)24-12-14-28-15-13-24/h2-5,7-10H,6,11-16H2,1H3,(H,23,25). The zero-order chi connectivity index (χ0) is 20.5. The number of carbonyl (C=O) groups is 2. The van der Waals surface area contributed by atoms with Crippen LogP contribution in [0.4, 0.5) is 11.4 Å². The van der Waals surface area contributed by atoms with Crippen LogP contribution in [0.15, 0.2) is 48.5 Å². The summed E-state index contributed by atoms with van der Waals surface area (Å²) in [5.41, 5.74) is 2.68. The van der Waals surface area contributed by atoms with Gasteiger partial charge in [0.05, 0.1) is 20.3 Å². The number of morpholine rings is 1. The Bertz CT molecular complexity index is 816. The molecule has 1 aliphatic rings. The van der Waals surface area contributed by atoms with Crippen molar-refractivity contribution >= 4 is 23.3 Å². The number of hydrogen-bond donors (Lipinski definition) is 1. The van der Waals surface area contributed by atoms with E-state index in [0.717, 1.165) is 43.3 Å². The molecule has 0 aliphatic carbocycles. The normalized spacial score (nSPS) is 13.6. The Labute approximate surface area is 170 Å². The average molecular weight is 398 g/mol. The van der Waals surface area contributed by atoms with E-state index in [1.807, 2.05) is 48.5 Å². The number of aryl methyl sites for hydroxylation is 1. The minimum atomic E-state index is -0.422. The van der Waals surface area contributed by atoms with Gasteiger partial charge in [0.1, 0.15) is 5.75 Å². The third kappa shape index (κ3) is 6.22. The van der Waals surface area contributed by atoms with Crippen LogP contribution in [-0.4, -0.2) is 51.9 Å². The summed E-state index contributed by atoms with van der Waals surface area (Å²) in [6.45, 7) is 2.85. The van der Waals surface area contributed by atoms with Gasteiger partial charge in [0.25, 0.3) is 5.91 Å². The largest absolute Gasteiger partial charge is 0.496 e. The molecule has 1 amide bonds. The van der Waals surface area contributed by atoms with Gasteiger partial charge in [0, 0.05) is 30.9 Å². The molecule has 1 N–H and O–H groups in total. The molecule has 29 heavy (non-hydrogen) atoms. The second-order valence-electron chi connectivity index (χ2n) is 6.67. The van der Waals surface area contributed by atoms with Crippen molar-refractivity contribution in [2.45, 2.75) is 12.8 Å². The van der Waals surface area contributed by atoms with Crippen molar-refractivity contribution in [2.75, 3.05) is 50.2 Å². The number of ether oxygens (including phenoxy) is 3. The first-order valence-corrected chi connectivity index (χ1v) is 9.66. The van der Waals surface area contributed by atoms with Crippen LogP contribution in [0.1, 0.15) is 12.0 Å². The van der Waals surface area contributed by atoms with Crippen molar-refractivity contribution in [1.82, 2.24) is 0 Å². The highest BCUT2D eigenvalue weighted by molar-refractivity contribution is 5.93. The number of esters is 1. The summed E-state index contributed by atoms with van der Waals surface area (Å²) in [6, 6.07) is 15.1. The number of amides is 1. The van der Waals surface area contributed by atoms with Crippen LogP contribution in [0.2, 0.25) is 0 Å². The lowest BCUT2D eigenvalue weighted by Gasteiger charge is -2.28. The predicted molar refractivity (Wildman–Crippen MR) is 110 cm³/mol. The molecule has 0 saturated carbocycles. The van der Waals surface area contributed by atoms with Gasteiger partial charge in [-0.15, -0.1) is 0 Å². The smallest absolute Gasteiger partial charge is 0.306 e. The summed E-state index contributed by atoms with van der Waals surface area (Å²) >= 11 is 0. The predicted octanol–water partition coefficient (Wildman–Crippen LogP) is 2.65. The van der Waals surface area contributed by atoms with E-state index < -0.39 is 5.97 Å². The minimum Gasteiger partial charge on any atom is -0.496 e. The van der Waals surface area contributed by atoms with Crippen LogP contribution in [0.5, 0.6) is 5.75 Å². The molecule has 1 saturated heterocycles. The lowest BCUT2D eigenvalue weighted by molar-refractivity contribution is -0.147. The van der Waals surface area contributed by atoms with Crippen LogP contribution in [-0.2, 0) is 25.5 Å². The Morgan fingerprint density at radius 1 is 1.07 bits per heavy atom. The van der Waals surface area contributed by atoms with Crippen LogP contribution in [0, 0.1) is 0 Å². The SMILES string of the molecule is COc1ccccc1CCC(=O)OCC(=O)Nc1ccc(N2CCOCC2)cc1. The highest BCUT2D eigenvalue weighted by Gasteiger charge is 2.12. The molecular weight excluding hydrogens is 372 g/mol. The molecule has 0 aromatic heterocycles. The lowest BCUT2D eigenvalue weighted by atomic mass is 10.1. The van der Waals surface area contributed by atoms with Crippen LogP contribution >= 0.6 is 0 Å². The number of anilines is 2. The van der Waals surface area contributed by atoms with Crippen molar-refractivity contribution in [1.29, 1.82) is 0 Å². The summed E-state index contributed by atoms with van der Waals surface area (Å²) in [5, 5.41) is 2.74. The molecule has 7 heteroatoms. The van der Waals surface area contributed by atoms with E-state index in [1.54, 1.807) is 7.11 Å². The molecule has 0 atom stereocenters. The summed E-state index contributed by atoms with van der Waals surface area (Å²) in [7, 11) is 1.59. The maximum atomic E-state index is 12.0. The quantitative estimate of drug-likeness (QED) is 0.689. The van der Waals surface area contributed by atoms with Crippen LogP contribution in [0.3, 0.4) is 0 Å². The Kier molecular flexibility index (Phi) is 7.47. The van der Waals surface area contributed by atoms with Crippen molar-refractivity contribution in [3.63, 3.8) is 0 Å². The van der Waals surface area contributed by atoms with Gasteiger partial charge in [-0.3, -0.25) is 9.59 Å². The molecule has 7 nitrogen and oxygen atoms in total. The van der Waals surface area contributed by atoms with E-state index >= 15 is 0 Å². The van der Waals surface area contributed by atoms with E-state index in [-0.39, 0.29) is 18.9 Å². The molecule has 2 aromatic carbocycles. The molecule has 2 aromatic rings. The van der Waals surface area contributed by atoms with Gasteiger partial charge in [-0.1, -0.05) is 18.2 Å². The average Bonchev–Trinajstić information content (AvgIpc) is 2.77. The van der Waals surface area contributed by atoms with Crippen LogP contribution < -0.4 is 15.0 Å². The van der Waals surface area contributed by atoms with Gasteiger partial charge >= 0.3 is 5.97 Å². The van der Waals surface area contributed by atoms with Gasteiger partial charge in [0.2, 0.25) is 0 Å². The Hall–Kier alpha value is -3.06. The Morgan fingerprint density at radius 2 is 1.79 bits per heavy atom. The number of nitrogens with zero attached hydrogens (tertiary/aromatic N) is 1. The Balaban J connectivity index is 1.40. The summed E-state index contributed by atoms with van der Waals surface area (Å²) in [6.07, 6.45) is 0.676. The lowest BCUT2D eigenvalue weighted by Crippen LogP contribution is -2.36. The highest BCUT2D eigenvalue weighted by Crippen LogP contribution is 2.20. The van der Waals surface area contributed by atoms with Gasteiger partial charge in [-0.2, -0.15) is 0 Å². The first-order chi connectivity index (χ1) is 14.2. The molecule has 0 unspecified atom stereocenters. The monoisotopic (exact) mass is 398 g/mol. The third-order valence-electron chi connectivity index (χ3n) is 4.68. The topological polar surface area (TPSA) is 77.1 Å². The fraction of sp³-hybridized carbons (Fsp3) is 0.364. The van der Waals surface area contributed by atoms with E-state index in [1.165, 1.54) is 0 Å². The minimum absolute atomic E-state index is 0.182. The van der Waals surface area contributed by atoms with Crippen molar-refractivity contribution in [3.05, 3.63) is 54.1 Å². The second kappa shape index (κ2) is 10.5. The maximum absolute atomic E-state index is 12.0. The molecule has 0 radical (unpaired) electrons. The number of methoxy groups -OCH3 is 1. The number of hydrogen-bond acceptors (Lipinski definition) is 6. The fourth-order valence-electron chi connectivity index (χ4n) is 3.14. The number of para-hydroxylation sites is 1. The molecule has 3 rings (SSSR count). The van der Waals surface area contributed by atoms with Crippen molar-refractivity contribution < 1.29 is 23.8 Å². The molecule has 0 bridgehead atoms. The molecule has 1 heterocycles. The number of benzene rings is 2. The molecular formula is C22H26N2O5. The zero-order valence-corrected chi connectivity index (χ0v) is 16.6. The molecule has 0 spiro atoms. The van der Waals surface area contributed by atoms with Gasteiger partial charge in [-0.05, 0) is 42.3 Å². The highest BCUT2D eigenvalue weighted by atomic mass is 16.5. The van der Waals surface area contributed by atoms with Gasteiger partial charge < -0.3 is 24.4 Å². The fourth-order valence-corrected chi connectivity index (χ4v) is 3.14. The maximum Gasteiger partial charge on any atom is 0.306 e. The van der Waals surface area contributed by atoms with E-state index in [9.17, 15) is 9.59 Å². The molecule has 1 aliphatic heterocycles. The number of rotatable bonds is 8. The van der Waals surface area contributed by atoms with E-state index in [0.29, 0.717) is 12.1 Å². The summed E-state index contributed by atoms with van der Waals surface area (Å²) in [5.74, 6) is -0.0537. The third-order valence-corrected chi connectivity index (χ3v) is 4.68. The summed E-state index contributed by atoms with van der Waals surface area (Å²) in [4.78, 5) is 26.2. The van der Waals surface area contributed by atoms with Crippen molar-refractivity contribution in [3.8, 4) is 5.75 Å². The van der Waals surface area contributed by atoms with E-state index in [4.69, 9.17) is 14.2 Å². The first-order valence-electron chi connectivity index (χ1n) is 9.66. The summed E-state index contributed by atoms with van der Waals surface area (Å²) < 4.78 is 15.7. The zero-order valence-electron chi connectivity index (χ0n) is 16.6. The van der Waals surface area contributed by atoms with E-state index in [2.05, 4.69) is 10.2 Å². The number of carbonyl (C=O) groups excluding carboxylic acids is 2. The van der Waals surface area contributed by atoms with Crippen molar-refractivity contribution in [2.24, 2.45) is 0 Å². The van der Waals surface area contributed by atoms with Gasteiger partial charge in [0.15, 0.2) is 6.61 Å².